The summed E-state index contributed by atoms with van der Waals surface area (Å²) in [6.07, 6.45) is 4.21. The Morgan fingerprint density at radius 1 is 1.03 bits per heavy atom. The molecule has 0 radical (unpaired) electrons. The van der Waals surface area contributed by atoms with Gasteiger partial charge in [0.25, 0.3) is 5.91 Å². The Morgan fingerprint density at radius 2 is 1.76 bits per heavy atom. The number of thioether (sulfide) groups is 1. The third-order valence-electron chi connectivity index (χ3n) is 4.51. The Bertz CT molecular complexity index is 818. The van der Waals surface area contributed by atoms with Crippen molar-refractivity contribution < 1.29 is 9.59 Å². The van der Waals surface area contributed by atoms with Gasteiger partial charge in [-0.15, -0.1) is 0 Å². The second-order valence-electron chi connectivity index (χ2n) is 6.87. The number of amides is 2. The van der Waals surface area contributed by atoms with Crippen LogP contribution in [-0.2, 0) is 11.2 Å². The van der Waals surface area contributed by atoms with E-state index in [4.69, 9.17) is 23.2 Å². The van der Waals surface area contributed by atoms with Gasteiger partial charge in [-0.2, -0.15) is 11.8 Å². The van der Waals surface area contributed by atoms with E-state index >= 15 is 0 Å². The van der Waals surface area contributed by atoms with E-state index in [1.807, 2.05) is 31.4 Å². The van der Waals surface area contributed by atoms with Crippen LogP contribution in [-0.4, -0.2) is 35.9 Å². The van der Waals surface area contributed by atoms with Crippen molar-refractivity contribution in [3.8, 4) is 0 Å². The van der Waals surface area contributed by atoms with Crippen molar-refractivity contribution in [2.24, 2.45) is 0 Å². The van der Waals surface area contributed by atoms with E-state index in [2.05, 4.69) is 22.8 Å². The van der Waals surface area contributed by atoms with E-state index in [1.165, 1.54) is 11.6 Å². The average Bonchev–Trinajstić information content (AvgIpc) is 2.70. The van der Waals surface area contributed by atoms with Gasteiger partial charge in [-0.3, -0.25) is 9.59 Å². The minimum absolute atomic E-state index is 0.00416. The molecule has 0 saturated heterocycles. The van der Waals surface area contributed by atoms with Crippen molar-refractivity contribution in [2.75, 3.05) is 12.0 Å². The maximum atomic E-state index is 12.8. The summed E-state index contributed by atoms with van der Waals surface area (Å²) in [5.41, 5.74) is 1.54. The lowest BCUT2D eigenvalue weighted by atomic mass is 10.1. The normalized spacial score (nSPS) is 12.8. The maximum Gasteiger partial charge on any atom is 0.253 e. The minimum Gasteiger partial charge on any atom is -0.352 e. The average molecular weight is 453 g/mol. The van der Waals surface area contributed by atoms with Crippen molar-refractivity contribution in [1.82, 2.24) is 10.6 Å². The molecule has 4 nitrogen and oxygen atoms in total. The first-order valence-electron chi connectivity index (χ1n) is 9.50. The smallest absolute Gasteiger partial charge is 0.253 e. The van der Waals surface area contributed by atoms with Gasteiger partial charge in [0.05, 0.1) is 10.6 Å². The maximum absolute atomic E-state index is 12.8. The van der Waals surface area contributed by atoms with Crippen molar-refractivity contribution in [2.45, 2.75) is 38.3 Å². The molecule has 0 heterocycles. The Labute approximate surface area is 186 Å². The molecule has 0 bridgehead atoms. The molecule has 2 N–H and O–H groups in total. The number of nitrogens with one attached hydrogen (secondary N) is 2. The number of halogens is 2. The van der Waals surface area contributed by atoms with Crippen LogP contribution in [0.3, 0.4) is 0 Å². The molecule has 2 unspecified atom stereocenters. The molecule has 0 aliphatic rings. The highest BCUT2D eigenvalue weighted by molar-refractivity contribution is 7.98. The van der Waals surface area contributed by atoms with E-state index in [9.17, 15) is 9.59 Å². The molecular weight excluding hydrogens is 427 g/mol. The summed E-state index contributed by atoms with van der Waals surface area (Å²) in [7, 11) is 0. The van der Waals surface area contributed by atoms with Crippen LogP contribution >= 0.6 is 35.0 Å². The fraction of sp³-hybridized carbons (Fsp3) is 0.364. The van der Waals surface area contributed by atoms with Crippen LogP contribution in [0.5, 0.6) is 0 Å². The predicted octanol–water partition coefficient (Wildman–Crippen LogP) is 4.98. The Hall–Kier alpha value is -1.69. The van der Waals surface area contributed by atoms with Crippen LogP contribution < -0.4 is 10.6 Å². The van der Waals surface area contributed by atoms with Crippen LogP contribution in [0.4, 0.5) is 0 Å². The van der Waals surface area contributed by atoms with Gasteiger partial charge >= 0.3 is 0 Å². The number of carbonyl (C=O) groups is 2. The summed E-state index contributed by atoms with van der Waals surface area (Å²) in [5, 5.41) is 6.55. The fourth-order valence-corrected chi connectivity index (χ4v) is 3.82. The fourth-order valence-electron chi connectivity index (χ4n) is 2.86. The first-order valence-corrected chi connectivity index (χ1v) is 11.6. The van der Waals surface area contributed by atoms with Gasteiger partial charge in [-0.1, -0.05) is 53.5 Å². The lowest BCUT2D eigenvalue weighted by Crippen LogP contribution is -2.49. The predicted molar refractivity (Wildman–Crippen MR) is 123 cm³/mol. The van der Waals surface area contributed by atoms with Crippen LogP contribution in [0.25, 0.3) is 0 Å². The van der Waals surface area contributed by atoms with E-state index < -0.39 is 6.04 Å². The molecule has 7 heteroatoms. The molecule has 2 aromatic carbocycles. The van der Waals surface area contributed by atoms with Crippen LogP contribution in [0.2, 0.25) is 10.0 Å². The SMILES string of the molecule is CSCCC(NC(=O)c1ccc(Cl)cc1Cl)C(=O)NC(C)CCc1ccccc1. The zero-order valence-electron chi connectivity index (χ0n) is 16.6. The van der Waals surface area contributed by atoms with Gasteiger partial charge in [0.2, 0.25) is 5.91 Å². The number of benzene rings is 2. The first kappa shape index (κ1) is 23.6. The summed E-state index contributed by atoms with van der Waals surface area (Å²) in [6.45, 7) is 1.98. The van der Waals surface area contributed by atoms with Crippen LogP contribution in [0.1, 0.15) is 35.7 Å². The number of hydrogen-bond donors (Lipinski definition) is 2. The van der Waals surface area contributed by atoms with Gasteiger partial charge in [0, 0.05) is 11.1 Å². The van der Waals surface area contributed by atoms with E-state index in [-0.39, 0.29) is 22.9 Å². The molecule has 0 spiro atoms. The molecule has 0 aromatic heterocycles. The van der Waals surface area contributed by atoms with Gasteiger partial charge in [0.1, 0.15) is 6.04 Å². The van der Waals surface area contributed by atoms with Crippen molar-refractivity contribution >= 4 is 46.8 Å². The summed E-state index contributed by atoms with van der Waals surface area (Å²) in [4.78, 5) is 25.4. The Morgan fingerprint density at radius 3 is 2.41 bits per heavy atom. The highest BCUT2D eigenvalue weighted by Crippen LogP contribution is 2.21. The summed E-state index contributed by atoms with van der Waals surface area (Å²) < 4.78 is 0. The molecule has 2 rings (SSSR count). The van der Waals surface area contributed by atoms with Gasteiger partial charge in [-0.05, 0) is 62.0 Å². The Balaban J connectivity index is 1.96. The highest BCUT2D eigenvalue weighted by Gasteiger charge is 2.23. The molecule has 0 saturated carbocycles. The lowest BCUT2D eigenvalue weighted by Gasteiger charge is -2.21. The lowest BCUT2D eigenvalue weighted by molar-refractivity contribution is -0.123. The number of aryl methyl sites for hydroxylation is 1. The van der Waals surface area contributed by atoms with Gasteiger partial charge in [-0.25, -0.2) is 0 Å². The number of hydrogen-bond acceptors (Lipinski definition) is 3. The van der Waals surface area contributed by atoms with Crippen LogP contribution in [0, 0.1) is 0 Å². The molecule has 0 fully saturated rings. The molecule has 2 amide bonds. The molecular formula is C22H26Cl2N2O2S. The van der Waals surface area contributed by atoms with Gasteiger partial charge < -0.3 is 10.6 Å². The highest BCUT2D eigenvalue weighted by atomic mass is 35.5. The monoisotopic (exact) mass is 452 g/mol. The quantitative estimate of drug-likeness (QED) is 0.533. The largest absolute Gasteiger partial charge is 0.352 e. The summed E-state index contributed by atoms with van der Waals surface area (Å²) in [5.74, 6) is 0.188. The van der Waals surface area contributed by atoms with E-state index in [0.717, 1.165) is 18.6 Å². The Kier molecular flexibility index (Phi) is 9.85. The minimum atomic E-state index is -0.624. The number of carbonyl (C=O) groups excluding carboxylic acids is 2. The van der Waals surface area contributed by atoms with Crippen molar-refractivity contribution in [3.63, 3.8) is 0 Å². The third kappa shape index (κ3) is 7.92. The van der Waals surface area contributed by atoms with Crippen LogP contribution in [0.15, 0.2) is 48.5 Å². The summed E-state index contributed by atoms with van der Waals surface area (Å²) in [6, 6.07) is 14.2. The molecule has 0 aliphatic heterocycles. The molecule has 29 heavy (non-hydrogen) atoms. The zero-order valence-corrected chi connectivity index (χ0v) is 18.9. The van der Waals surface area contributed by atoms with E-state index in [0.29, 0.717) is 17.0 Å². The standard InChI is InChI=1S/C22H26Cl2N2O2S/c1-15(8-9-16-6-4-3-5-7-16)25-22(28)20(12-13-29-2)26-21(27)18-11-10-17(23)14-19(18)24/h3-7,10-11,14-15,20H,8-9,12-13H2,1-2H3,(H,25,28)(H,26,27). The second-order valence-corrected chi connectivity index (χ2v) is 8.69. The number of rotatable bonds is 10. The van der Waals surface area contributed by atoms with Gasteiger partial charge in [0.15, 0.2) is 0 Å². The molecule has 0 aliphatic carbocycles. The topological polar surface area (TPSA) is 58.2 Å². The zero-order chi connectivity index (χ0) is 21.2. The van der Waals surface area contributed by atoms with Crippen molar-refractivity contribution in [1.29, 1.82) is 0 Å². The van der Waals surface area contributed by atoms with E-state index in [1.54, 1.807) is 23.9 Å². The molecule has 156 valence electrons. The third-order valence-corrected chi connectivity index (χ3v) is 5.70. The first-order chi connectivity index (χ1) is 13.9. The molecule has 2 aromatic rings. The second kappa shape index (κ2) is 12.1. The summed E-state index contributed by atoms with van der Waals surface area (Å²) >= 11 is 13.6. The van der Waals surface area contributed by atoms with Crippen molar-refractivity contribution in [3.05, 3.63) is 69.7 Å². The molecule has 2 atom stereocenters.